The fourth-order valence-corrected chi connectivity index (χ4v) is 3.75. The van der Waals surface area contributed by atoms with E-state index in [1.165, 1.54) is 0 Å². The molecule has 0 spiro atoms. The van der Waals surface area contributed by atoms with Gasteiger partial charge in [0.15, 0.2) is 5.17 Å². The van der Waals surface area contributed by atoms with E-state index in [1.807, 2.05) is 42.5 Å². The highest BCUT2D eigenvalue weighted by atomic mass is 35.5. The Morgan fingerprint density at radius 1 is 1.08 bits per heavy atom. The maximum Gasteiger partial charge on any atom is 0.233 e. The quantitative estimate of drug-likeness (QED) is 0.774. The van der Waals surface area contributed by atoms with Crippen LogP contribution < -0.4 is 0 Å². The Morgan fingerprint density at radius 3 is 2.62 bits per heavy atom. The normalized spacial score (nSPS) is 13.9. The van der Waals surface area contributed by atoms with Crippen molar-refractivity contribution in [3.63, 3.8) is 0 Å². The SMILES string of the molecule is O=C(Cc1ccccc1)N1CCN=C1SCc1ccc(Cl)c(Cl)c1. The molecule has 6 heteroatoms. The van der Waals surface area contributed by atoms with E-state index in [9.17, 15) is 4.79 Å². The summed E-state index contributed by atoms with van der Waals surface area (Å²) in [5, 5.41) is 1.87. The summed E-state index contributed by atoms with van der Waals surface area (Å²) in [7, 11) is 0. The van der Waals surface area contributed by atoms with Crippen LogP contribution in [0, 0.1) is 0 Å². The lowest BCUT2D eigenvalue weighted by molar-refractivity contribution is -0.126. The van der Waals surface area contributed by atoms with Crippen molar-refractivity contribution in [2.45, 2.75) is 12.2 Å². The summed E-state index contributed by atoms with van der Waals surface area (Å²) in [6.07, 6.45) is 0.396. The average molecular weight is 379 g/mol. The van der Waals surface area contributed by atoms with Crippen LogP contribution in [0.25, 0.3) is 0 Å². The van der Waals surface area contributed by atoms with Crippen molar-refractivity contribution < 1.29 is 4.79 Å². The average Bonchev–Trinajstić information content (AvgIpc) is 3.05. The van der Waals surface area contributed by atoms with E-state index < -0.39 is 0 Å². The predicted molar refractivity (Wildman–Crippen MR) is 102 cm³/mol. The molecule has 0 aromatic heterocycles. The molecule has 0 bridgehead atoms. The first-order chi connectivity index (χ1) is 11.6. The standard InChI is InChI=1S/C18H16Cl2N2OS/c19-15-7-6-14(10-16(15)20)12-24-18-21-8-9-22(18)17(23)11-13-4-2-1-3-5-13/h1-7,10H,8-9,11-12H2. The number of carbonyl (C=O) groups is 1. The number of aliphatic imine (C=N–C) groups is 1. The van der Waals surface area contributed by atoms with Gasteiger partial charge in [-0.1, -0.05) is 71.4 Å². The fraction of sp³-hybridized carbons (Fsp3) is 0.222. The van der Waals surface area contributed by atoms with Crippen molar-refractivity contribution >= 4 is 46.0 Å². The van der Waals surface area contributed by atoms with E-state index in [0.29, 0.717) is 35.3 Å². The Bertz CT molecular complexity index is 765. The number of benzene rings is 2. The number of thioether (sulfide) groups is 1. The van der Waals surface area contributed by atoms with E-state index in [4.69, 9.17) is 23.2 Å². The molecule has 24 heavy (non-hydrogen) atoms. The molecule has 0 atom stereocenters. The van der Waals surface area contributed by atoms with Crippen LogP contribution >= 0.6 is 35.0 Å². The molecular formula is C18H16Cl2N2OS. The first-order valence-electron chi connectivity index (χ1n) is 7.59. The summed E-state index contributed by atoms with van der Waals surface area (Å²) in [5.41, 5.74) is 2.07. The van der Waals surface area contributed by atoms with Gasteiger partial charge >= 0.3 is 0 Å². The molecule has 0 saturated carbocycles. The highest BCUT2D eigenvalue weighted by Gasteiger charge is 2.24. The third kappa shape index (κ3) is 4.32. The van der Waals surface area contributed by atoms with Crippen LogP contribution in [0.1, 0.15) is 11.1 Å². The summed E-state index contributed by atoms with van der Waals surface area (Å²) in [6, 6.07) is 15.3. The van der Waals surface area contributed by atoms with Gasteiger partial charge in [-0.2, -0.15) is 0 Å². The van der Waals surface area contributed by atoms with Gasteiger partial charge in [0.05, 0.1) is 23.0 Å². The summed E-state index contributed by atoms with van der Waals surface area (Å²) >= 11 is 13.5. The maximum atomic E-state index is 12.5. The number of amidine groups is 1. The van der Waals surface area contributed by atoms with Gasteiger partial charge in [-0.25, -0.2) is 0 Å². The molecular weight excluding hydrogens is 363 g/mol. The third-order valence-electron chi connectivity index (χ3n) is 3.65. The van der Waals surface area contributed by atoms with E-state index in [0.717, 1.165) is 16.3 Å². The molecule has 0 radical (unpaired) electrons. The first kappa shape index (κ1) is 17.3. The molecule has 0 unspecified atom stereocenters. The van der Waals surface area contributed by atoms with Crippen LogP contribution in [0.4, 0.5) is 0 Å². The van der Waals surface area contributed by atoms with Crippen LogP contribution in [0.3, 0.4) is 0 Å². The van der Waals surface area contributed by atoms with Gasteiger partial charge in [-0.15, -0.1) is 0 Å². The monoisotopic (exact) mass is 378 g/mol. The zero-order valence-corrected chi connectivity index (χ0v) is 15.2. The van der Waals surface area contributed by atoms with Gasteiger partial charge in [0, 0.05) is 12.3 Å². The minimum Gasteiger partial charge on any atom is -0.289 e. The number of halogens is 2. The highest BCUT2D eigenvalue weighted by Crippen LogP contribution is 2.26. The second kappa shape index (κ2) is 8.06. The topological polar surface area (TPSA) is 32.7 Å². The molecule has 1 heterocycles. The molecule has 124 valence electrons. The number of carbonyl (C=O) groups excluding carboxylic acids is 1. The molecule has 2 aromatic carbocycles. The summed E-state index contributed by atoms with van der Waals surface area (Å²) < 4.78 is 0. The Balaban J connectivity index is 1.60. The van der Waals surface area contributed by atoms with Gasteiger partial charge in [0.25, 0.3) is 0 Å². The van der Waals surface area contributed by atoms with Crippen molar-refractivity contribution in [2.75, 3.05) is 13.1 Å². The van der Waals surface area contributed by atoms with Crippen molar-refractivity contribution in [1.29, 1.82) is 0 Å². The van der Waals surface area contributed by atoms with Gasteiger partial charge < -0.3 is 0 Å². The largest absolute Gasteiger partial charge is 0.289 e. The van der Waals surface area contributed by atoms with E-state index in [1.54, 1.807) is 22.7 Å². The lowest BCUT2D eigenvalue weighted by atomic mass is 10.1. The molecule has 1 amide bonds. The van der Waals surface area contributed by atoms with Crippen molar-refractivity contribution in [1.82, 2.24) is 4.90 Å². The van der Waals surface area contributed by atoms with Crippen LogP contribution in [-0.2, 0) is 17.0 Å². The number of nitrogens with zero attached hydrogens (tertiary/aromatic N) is 2. The Morgan fingerprint density at radius 2 is 1.88 bits per heavy atom. The zero-order valence-electron chi connectivity index (χ0n) is 12.9. The van der Waals surface area contributed by atoms with E-state index in [2.05, 4.69) is 4.99 Å². The van der Waals surface area contributed by atoms with Crippen molar-refractivity contribution in [3.8, 4) is 0 Å². The molecule has 0 fully saturated rings. The van der Waals surface area contributed by atoms with Crippen LogP contribution in [0.5, 0.6) is 0 Å². The van der Waals surface area contributed by atoms with Gasteiger partial charge in [0.2, 0.25) is 5.91 Å². The molecule has 0 N–H and O–H groups in total. The van der Waals surface area contributed by atoms with Crippen molar-refractivity contribution in [2.24, 2.45) is 4.99 Å². The maximum absolute atomic E-state index is 12.5. The lowest BCUT2D eigenvalue weighted by Crippen LogP contribution is -2.34. The smallest absolute Gasteiger partial charge is 0.233 e. The lowest BCUT2D eigenvalue weighted by Gasteiger charge is -2.18. The summed E-state index contributed by atoms with van der Waals surface area (Å²) in [4.78, 5) is 18.8. The van der Waals surface area contributed by atoms with E-state index in [-0.39, 0.29) is 5.91 Å². The molecule has 1 aliphatic heterocycles. The number of rotatable bonds is 4. The molecule has 1 aliphatic rings. The Labute approximate surface area is 155 Å². The van der Waals surface area contributed by atoms with Crippen LogP contribution in [0.2, 0.25) is 10.0 Å². The second-order valence-corrected chi connectivity index (χ2v) is 7.17. The Hall–Kier alpha value is -1.49. The van der Waals surface area contributed by atoms with Crippen LogP contribution in [-0.4, -0.2) is 29.1 Å². The van der Waals surface area contributed by atoms with Gasteiger partial charge in [-0.3, -0.25) is 14.7 Å². The first-order valence-corrected chi connectivity index (χ1v) is 9.33. The number of amides is 1. The molecule has 0 saturated heterocycles. The minimum atomic E-state index is 0.0825. The molecule has 2 aromatic rings. The number of hydrogen-bond acceptors (Lipinski definition) is 3. The Kier molecular flexibility index (Phi) is 5.82. The highest BCUT2D eigenvalue weighted by molar-refractivity contribution is 8.13. The van der Waals surface area contributed by atoms with Gasteiger partial charge in [0.1, 0.15) is 0 Å². The summed E-state index contributed by atoms with van der Waals surface area (Å²) in [6.45, 7) is 1.31. The number of hydrogen-bond donors (Lipinski definition) is 0. The predicted octanol–water partition coefficient (Wildman–Crippen LogP) is 4.67. The van der Waals surface area contributed by atoms with Crippen LogP contribution in [0.15, 0.2) is 53.5 Å². The fourth-order valence-electron chi connectivity index (χ4n) is 2.42. The second-order valence-electron chi connectivity index (χ2n) is 5.41. The molecule has 3 rings (SSSR count). The molecule has 0 aliphatic carbocycles. The minimum absolute atomic E-state index is 0.0825. The van der Waals surface area contributed by atoms with E-state index >= 15 is 0 Å². The van der Waals surface area contributed by atoms with Crippen molar-refractivity contribution in [3.05, 3.63) is 69.7 Å². The molecule has 3 nitrogen and oxygen atoms in total. The summed E-state index contributed by atoms with van der Waals surface area (Å²) in [5.74, 6) is 0.782. The zero-order chi connectivity index (χ0) is 16.9. The van der Waals surface area contributed by atoms with Gasteiger partial charge in [-0.05, 0) is 23.3 Å². The third-order valence-corrected chi connectivity index (χ3v) is 5.48.